The fourth-order valence-electron chi connectivity index (χ4n) is 12.8. The molecule has 5 fully saturated rings. The number of esters is 1. The maximum Gasteiger partial charge on any atom is 0.324 e. The number of hydrogen-bond donors (Lipinski definition) is 2. The van der Waals surface area contributed by atoms with E-state index in [2.05, 4.69) is 95.8 Å². The third-order valence-electron chi connectivity index (χ3n) is 17.5. The molecule has 0 radical (unpaired) electrons. The van der Waals surface area contributed by atoms with E-state index in [1.165, 1.54) is 28.8 Å². The Labute approximate surface area is 465 Å². The lowest BCUT2D eigenvalue weighted by molar-refractivity contribution is -0.155. The summed E-state index contributed by atoms with van der Waals surface area (Å²) in [7, 11) is 3.37. The fourth-order valence-corrected chi connectivity index (χ4v) is 12.8. The number of nitrogens with one attached hydrogen (secondary N) is 2. The normalized spacial score (nSPS) is 22.6. The highest BCUT2D eigenvalue weighted by Crippen LogP contribution is 2.44. The number of anilines is 1. The summed E-state index contributed by atoms with van der Waals surface area (Å²) in [5, 5.41) is 5.67. The Morgan fingerprint density at radius 1 is 0.962 bits per heavy atom. The lowest BCUT2D eigenvalue weighted by atomic mass is 9.84. The van der Waals surface area contributed by atoms with Crippen molar-refractivity contribution in [2.24, 2.45) is 11.3 Å². The van der Waals surface area contributed by atoms with Gasteiger partial charge < -0.3 is 43.7 Å². The number of aromatic nitrogens is 2. The first kappa shape index (κ1) is 56.0. The second-order valence-corrected chi connectivity index (χ2v) is 24.1. The molecule has 1 aliphatic carbocycles. The van der Waals surface area contributed by atoms with Gasteiger partial charge in [-0.2, -0.15) is 0 Å². The number of pyridine rings is 1. The number of aryl methyl sites for hydroxylation is 1. The quantitative estimate of drug-likeness (QED) is 0.117. The zero-order valence-electron chi connectivity index (χ0n) is 47.7. The van der Waals surface area contributed by atoms with Gasteiger partial charge in [-0.3, -0.25) is 34.1 Å². The maximum absolute atomic E-state index is 14.9. The molecule has 18 heteroatoms. The Balaban J connectivity index is 0.982. The van der Waals surface area contributed by atoms with Gasteiger partial charge >= 0.3 is 12.0 Å². The van der Waals surface area contributed by atoms with Gasteiger partial charge in [-0.25, -0.2) is 10.2 Å². The number of methoxy groups -OCH3 is 1. The molecule has 6 aliphatic rings. The van der Waals surface area contributed by atoms with Crippen LogP contribution in [0.25, 0.3) is 33.3 Å². The summed E-state index contributed by atoms with van der Waals surface area (Å²) in [4.78, 5) is 85.7. The molecular formula is C61H82N10O8. The molecule has 2 aromatic carbocycles. The first-order valence-corrected chi connectivity index (χ1v) is 28.8. The zero-order valence-corrected chi connectivity index (χ0v) is 47.7. The number of rotatable bonds is 11. The number of benzene rings is 2. The Kier molecular flexibility index (Phi) is 16.3. The van der Waals surface area contributed by atoms with Crippen molar-refractivity contribution in [3.63, 3.8) is 0 Å². The molecule has 2 N–H and O–H groups in total. The molecule has 5 aliphatic heterocycles. The van der Waals surface area contributed by atoms with E-state index in [0.717, 1.165) is 88.0 Å². The summed E-state index contributed by atoms with van der Waals surface area (Å²) in [5.41, 5.74) is 11.2. The Morgan fingerprint density at radius 3 is 2.41 bits per heavy atom. The molecular weight excluding hydrogens is 1000 g/mol. The van der Waals surface area contributed by atoms with Crippen molar-refractivity contribution in [1.82, 2.24) is 44.9 Å². The Hall–Kier alpha value is -6.34. The van der Waals surface area contributed by atoms with Crippen LogP contribution in [0.3, 0.4) is 0 Å². The Bertz CT molecular complexity index is 2950. The number of carbonyl (C=O) groups excluding carboxylic acids is 5. The largest absolute Gasteiger partial charge is 0.464 e. The highest BCUT2D eigenvalue weighted by molar-refractivity contribution is 5.96. The summed E-state index contributed by atoms with van der Waals surface area (Å²) in [5.74, 6) is -1.80. The van der Waals surface area contributed by atoms with Gasteiger partial charge in [-0.15, -0.1) is 0 Å². The van der Waals surface area contributed by atoms with Crippen LogP contribution in [0.4, 0.5) is 10.5 Å². The summed E-state index contributed by atoms with van der Waals surface area (Å²) in [6.45, 7) is 22.4. The average molecular weight is 1080 g/mol. The van der Waals surface area contributed by atoms with Crippen LogP contribution in [0.15, 0.2) is 67.4 Å². The van der Waals surface area contributed by atoms with E-state index in [0.29, 0.717) is 64.8 Å². The van der Waals surface area contributed by atoms with E-state index >= 15 is 0 Å². The summed E-state index contributed by atoms with van der Waals surface area (Å²) in [6.07, 6.45) is 8.42. The minimum atomic E-state index is -1.06. The molecule has 1 spiro atoms. The smallest absolute Gasteiger partial charge is 0.324 e. The van der Waals surface area contributed by atoms with Crippen LogP contribution >= 0.6 is 0 Å². The van der Waals surface area contributed by atoms with E-state index in [4.69, 9.17) is 19.2 Å². The number of piperidine rings is 1. The van der Waals surface area contributed by atoms with E-state index in [-0.39, 0.29) is 43.7 Å². The number of carbonyl (C=O) groups is 5. The number of likely N-dealkylation sites (tertiary alicyclic amines) is 1. The van der Waals surface area contributed by atoms with Crippen LogP contribution in [0.1, 0.15) is 103 Å². The molecule has 1 saturated carbocycles. The van der Waals surface area contributed by atoms with Crippen LogP contribution in [-0.2, 0) is 52.8 Å². The number of cyclic esters (lactones) is 1. The maximum atomic E-state index is 14.9. The second kappa shape index (κ2) is 23.0. The first-order valence-electron chi connectivity index (χ1n) is 28.8. The molecule has 10 rings (SSSR count). The molecule has 7 heterocycles. The molecule has 6 bridgehead atoms. The van der Waals surface area contributed by atoms with E-state index in [1.807, 2.05) is 32.2 Å². The van der Waals surface area contributed by atoms with E-state index < -0.39 is 46.9 Å². The number of likely N-dealkylation sites (N-methyl/N-ethyl adjacent to an activating group) is 1. The summed E-state index contributed by atoms with van der Waals surface area (Å²) >= 11 is 0. The van der Waals surface area contributed by atoms with E-state index in [9.17, 15) is 24.0 Å². The number of piperazine rings is 1. The highest BCUT2D eigenvalue weighted by atomic mass is 16.5. The number of fused-ring (bicyclic) bond motifs is 6. The van der Waals surface area contributed by atoms with Crippen molar-refractivity contribution in [2.75, 3.05) is 84.8 Å². The van der Waals surface area contributed by atoms with Crippen LogP contribution in [-0.4, -0.2) is 174 Å². The predicted molar refractivity (Wildman–Crippen MR) is 304 cm³/mol. The second-order valence-electron chi connectivity index (χ2n) is 24.1. The summed E-state index contributed by atoms with van der Waals surface area (Å²) in [6, 6.07) is 14.7. The Morgan fingerprint density at radius 2 is 1.71 bits per heavy atom. The third-order valence-corrected chi connectivity index (χ3v) is 17.5. The lowest BCUT2D eigenvalue weighted by Crippen LogP contribution is -2.62. The minimum absolute atomic E-state index is 0.131. The number of ether oxygens (including phenoxy) is 3. The van der Waals surface area contributed by atoms with Crippen molar-refractivity contribution >= 4 is 46.3 Å². The van der Waals surface area contributed by atoms with Crippen molar-refractivity contribution in [3.05, 3.63) is 84.2 Å². The van der Waals surface area contributed by atoms with Crippen molar-refractivity contribution in [3.8, 4) is 22.4 Å². The minimum Gasteiger partial charge on any atom is -0.464 e. The molecule has 424 valence electrons. The number of nitrogens with zero attached hydrogens (tertiary/aromatic N) is 8. The molecule has 5 amide bonds. The van der Waals surface area contributed by atoms with E-state index in [1.54, 1.807) is 24.0 Å². The SMILES string of the molecule is C=CC(=O)N1COC2(CCN(C(=O)N(C)[C@H](C(=O)N[C@H]3Cc4cccc(c4)-c4ccc5c(c4)c(c(-c4cc(N6CCN(C7CC7)CC6)cnc4[C@H](C)OC)n5CC)CC(C)(C)COC(=O)[C@@H]4CCCN(N4)C3=O)C(C)C)CC2)C1. The van der Waals surface area contributed by atoms with Crippen LogP contribution < -0.4 is 15.6 Å². The van der Waals surface area contributed by atoms with Gasteiger partial charge in [-0.05, 0) is 111 Å². The topological polar surface area (TPSA) is 174 Å². The molecule has 79 heavy (non-hydrogen) atoms. The molecule has 4 saturated heterocycles. The van der Waals surface area contributed by atoms with Crippen LogP contribution in [0.2, 0.25) is 0 Å². The molecule has 4 atom stereocenters. The fraction of sp³-hybridized carbons (Fsp3) is 0.574. The van der Waals surface area contributed by atoms with Crippen molar-refractivity contribution in [1.29, 1.82) is 0 Å². The number of urea groups is 1. The molecule has 4 aromatic rings. The van der Waals surface area contributed by atoms with Crippen LogP contribution in [0, 0.1) is 11.3 Å². The number of hydrazine groups is 1. The van der Waals surface area contributed by atoms with Gasteiger partial charge in [0.1, 0.15) is 24.9 Å². The first-order chi connectivity index (χ1) is 37.9. The standard InChI is InChI=1S/C61H82N10O8/c1-10-52(72)69-36-61(79-38-69)21-24-68(25-22-61)59(76)65(8)54(39(3)4)56(73)63-50-31-41-14-12-15-42(30-41)43-17-20-51-46(32-43)48(34-60(6,7)37-78-58(75)49-16-13-23-71(64-49)57(50)74)55(70(51)11-2)47-33-45(35-62-53(47)40(5)77-9)67-28-26-66(27-29-67)44-18-19-44/h10,12,14-15,17,20,30,32-33,35,39-40,44,49-50,54,64H,1,11,13,16,18-19,21-29,31,34,36-38H2,2-9H3,(H,63,73)/t40-,49-,50-,54-/m0/s1. The summed E-state index contributed by atoms with van der Waals surface area (Å²) < 4.78 is 20.8. The van der Waals surface area contributed by atoms with Gasteiger partial charge in [0.15, 0.2) is 0 Å². The monoisotopic (exact) mass is 1080 g/mol. The number of amides is 5. The van der Waals surface area contributed by atoms with Gasteiger partial charge in [0.05, 0.1) is 48.1 Å². The van der Waals surface area contributed by atoms with Gasteiger partial charge in [-0.1, -0.05) is 64.6 Å². The zero-order chi connectivity index (χ0) is 55.9. The van der Waals surface area contributed by atoms with Gasteiger partial charge in [0.25, 0.3) is 5.91 Å². The van der Waals surface area contributed by atoms with Gasteiger partial charge in [0, 0.05) is 101 Å². The molecule has 2 aromatic heterocycles. The number of hydrogen-bond acceptors (Lipinski definition) is 12. The third kappa shape index (κ3) is 11.7. The van der Waals surface area contributed by atoms with Crippen molar-refractivity contribution < 1.29 is 38.2 Å². The van der Waals surface area contributed by atoms with Crippen molar-refractivity contribution in [2.45, 2.75) is 135 Å². The van der Waals surface area contributed by atoms with Crippen LogP contribution in [0.5, 0.6) is 0 Å². The predicted octanol–water partition coefficient (Wildman–Crippen LogP) is 6.94. The highest BCUT2D eigenvalue weighted by Gasteiger charge is 2.46. The molecule has 0 unspecified atom stereocenters. The lowest BCUT2D eigenvalue weighted by Gasteiger charge is -2.41. The van der Waals surface area contributed by atoms with Gasteiger partial charge in [0.2, 0.25) is 11.8 Å². The molecule has 18 nitrogen and oxygen atoms in total. The average Bonchev–Trinajstić information content (AvgIpc) is 4.36.